The van der Waals surface area contributed by atoms with Crippen molar-refractivity contribution in [2.24, 2.45) is 0 Å². The molecular weight excluding hydrogens is 451 g/mol. The first-order valence-electron chi connectivity index (χ1n) is 8.75. The summed E-state index contributed by atoms with van der Waals surface area (Å²) in [7, 11) is 0. The predicted octanol–water partition coefficient (Wildman–Crippen LogP) is 6.16. The minimum absolute atomic E-state index is 0.165. The third-order valence-corrected chi connectivity index (χ3v) is 4.76. The minimum atomic E-state index is -0.165. The summed E-state index contributed by atoms with van der Waals surface area (Å²) in [5.41, 5.74) is 3.01. The second-order valence-electron chi connectivity index (χ2n) is 6.56. The number of anilines is 1. The van der Waals surface area contributed by atoms with E-state index in [0.717, 1.165) is 20.7 Å². The molecule has 3 rings (SSSR count). The lowest BCUT2D eigenvalue weighted by atomic mass is 10.1. The van der Waals surface area contributed by atoms with Gasteiger partial charge in [0.2, 0.25) is 0 Å². The van der Waals surface area contributed by atoms with Crippen LogP contribution in [0.25, 0.3) is 0 Å². The maximum Gasteiger partial charge on any atom is 0.257 e. The first kappa shape index (κ1) is 19.4. The summed E-state index contributed by atoms with van der Waals surface area (Å²) in [6.45, 7) is 6.03. The first-order valence-corrected chi connectivity index (χ1v) is 9.82. The Balaban J connectivity index is 1.68. The number of aromatic nitrogens is 1. The highest BCUT2D eigenvalue weighted by Gasteiger charge is 2.12. The van der Waals surface area contributed by atoms with E-state index in [0.29, 0.717) is 22.9 Å². The van der Waals surface area contributed by atoms with E-state index in [1.54, 1.807) is 0 Å². The third kappa shape index (κ3) is 5.07. The van der Waals surface area contributed by atoms with Crippen LogP contribution in [-0.2, 0) is 0 Å². The summed E-state index contributed by atoms with van der Waals surface area (Å²) in [5.74, 6) is 1.67. The van der Waals surface area contributed by atoms with E-state index in [4.69, 9.17) is 4.74 Å². The lowest BCUT2D eigenvalue weighted by molar-refractivity contribution is 0.102. The Morgan fingerprint density at radius 3 is 2.41 bits per heavy atom. The van der Waals surface area contributed by atoms with Gasteiger partial charge in [0.1, 0.15) is 11.5 Å². The molecule has 0 aliphatic carbocycles. The van der Waals surface area contributed by atoms with Crippen LogP contribution in [0.3, 0.4) is 0 Å². The van der Waals surface area contributed by atoms with E-state index in [9.17, 15) is 4.79 Å². The fourth-order valence-electron chi connectivity index (χ4n) is 2.61. The number of amides is 1. The summed E-state index contributed by atoms with van der Waals surface area (Å²) in [6, 6.07) is 18.9. The van der Waals surface area contributed by atoms with E-state index in [1.807, 2.05) is 67.6 Å². The van der Waals surface area contributed by atoms with Gasteiger partial charge in [-0.15, -0.1) is 0 Å². The van der Waals surface area contributed by atoms with E-state index >= 15 is 0 Å². The van der Waals surface area contributed by atoms with Crippen LogP contribution in [-0.4, -0.2) is 10.9 Å². The van der Waals surface area contributed by atoms with Gasteiger partial charge in [-0.05, 0) is 90.0 Å². The molecule has 0 atom stereocenters. The monoisotopic (exact) mass is 472 g/mol. The number of rotatable bonds is 5. The van der Waals surface area contributed by atoms with Gasteiger partial charge in [0.15, 0.2) is 0 Å². The van der Waals surface area contributed by atoms with Crippen LogP contribution >= 0.6 is 22.6 Å². The van der Waals surface area contributed by atoms with Gasteiger partial charge in [-0.25, -0.2) is 0 Å². The number of ether oxygens (including phenoxy) is 1. The van der Waals surface area contributed by atoms with Gasteiger partial charge < -0.3 is 10.1 Å². The Kier molecular flexibility index (Phi) is 6.11. The Labute approximate surface area is 173 Å². The van der Waals surface area contributed by atoms with Gasteiger partial charge in [-0.3, -0.25) is 9.78 Å². The van der Waals surface area contributed by atoms with Gasteiger partial charge >= 0.3 is 0 Å². The fourth-order valence-corrected chi connectivity index (χ4v) is 3.13. The van der Waals surface area contributed by atoms with Crippen LogP contribution in [0.5, 0.6) is 11.5 Å². The molecule has 0 saturated carbocycles. The molecule has 2 aromatic carbocycles. The predicted molar refractivity (Wildman–Crippen MR) is 117 cm³/mol. The first-order chi connectivity index (χ1) is 12.9. The lowest BCUT2D eigenvalue weighted by Crippen LogP contribution is -2.14. The van der Waals surface area contributed by atoms with Crippen molar-refractivity contribution in [1.82, 2.24) is 4.98 Å². The van der Waals surface area contributed by atoms with Crippen LogP contribution < -0.4 is 10.1 Å². The molecule has 0 radical (unpaired) electrons. The van der Waals surface area contributed by atoms with Crippen molar-refractivity contribution in [3.05, 3.63) is 81.2 Å². The highest BCUT2D eigenvalue weighted by Crippen LogP contribution is 2.24. The number of nitrogens with one attached hydrogen (secondary N) is 1. The van der Waals surface area contributed by atoms with Crippen molar-refractivity contribution < 1.29 is 9.53 Å². The van der Waals surface area contributed by atoms with Gasteiger partial charge in [-0.2, -0.15) is 0 Å². The number of carbonyl (C=O) groups is 1. The van der Waals surface area contributed by atoms with Gasteiger partial charge in [0, 0.05) is 15.0 Å². The minimum Gasteiger partial charge on any atom is -0.457 e. The maximum absolute atomic E-state index is 12.5. The Morgan fingerprint density at radius 2 is 1.78 bits per heavy atom. The van der Waals surface area contributed by atoms with Crippen molar-refractivity contribution in [3.63, 3.8) is 0 Å². The second-order valence-corrected chi connectivity index (χ2v) is 7.81. The summed E-state index contributed by atoms with van der Waals surface area (Å²) in [6.07, 6.45) is 0. The molecule has 0 spiro atoms. The third-order valence-electron chi connectivity index (χ3n) is 4.09. The number of aryl methyl sites for hydroxylation is 1. The lowest BCUT2D eigenvalue weighted by Gasteiger charge is -2.11. The Hall–Kier alpha value is -2.41. The zero-order valence-corrected chi connectivity index (χ0v) is 17.7. The number of nitrogens with zero attached hydrogens (tertiary/aromatic N) is 1. The van der Waals surface area contributed by atoms with E-state index < -0.39 is 0 Å². The molecule has 0 aliphatic heterocycles. The number of halogens is 1. The summed E-state index contributed by atoms with van der Waals surface area (Å²) >= 11 is 2.25. The van der Waals surface area contributed by atoms with Crippen LogP contribution in [0.2, 0.25) is 0 Å². The molecule has 5 heteroatoms. The van der Waals surface area contributed by atoms with Crippen LogP contribution in [0.4, 0.5) is 5.69 Å². The summed E-state index contributed by atoms with van der Waals surface area (Å²) in [5, 5.41) is 2.91. The van der Waals surface area contributed by atoms with Crippen molar-refractivity contribution in [1.29, 1.82) is 0 Å². The standard InChI is InChI=1S/C22H21IN2O2/c1-14(2)21-12-11-20(15(3)24-21)22(26)25-17-7-9-18(10-8-17)27-19-6-4-5-16(23)13-19/h4-14H,1-3H3,(H,25,26). The molecular formula is C22H21IN2O2. The van der Waals surface area contributed by atoms with E-state index in [-0.39, 0.29) is 5.91 Å². The van der Waals surface area contributed by atoms with Crippen molar-refractivity contribution >= 4 is 34.2 Å². The Bertz CT molecular complexity index is 953. The number of hydrogen-bond donors (Lipinski definition) is 1. The molecule has 1 heterocycles. The molecule has 27 heavy (non-hydrogen) atoms. The zero-order chi connectivity index (χ0) is 19.4. The second kappa shape index (κ2) is 8.52. The van der Waals surface area contributed by atoms with Gasteiger partial charge in [0.25, 0.3) is 5.91 Å². The molecule has 4 nitrogen and oxygen atoms in total. The molecule has 0 aliphatic rings. The SMILES string of the molecule is Cc1nc(C(C)C)ccc1C(=O)Nc1ccc(Oc2cccc(I)c2)cc1. The normalized spacial score (nSPS) is 10.7. The van der Waals surface area contributed by atoms with Crippen molar-refractivity contribution in [2.75, 3.05) is 5.32 Å². The largest absolute Gasteiger partial charge is 0.457 e. The highest BCUT2D eigenvalue weighted by molar-refractivity contribution is 14.1. The quantitative estimate of drug-likeness (QED) is 0.453. The molecule has 1 amide bonds. The molecule has 0 saturated heterocycles. The number of benzene rings is 2. The van der Waals surface area contributed by atoms with Crippen LogP contribution in [0.1, 0.15) is 41.5 Å². The van der Waals surface area contributed by atoms with Crippen LogP contribution in [0.15, 0.2) is 60.7 Å². The average molecular weight is 472 g/mol. The summed E-state index contributed by atoms with van der Waals surface area (Å²) < 4.78 is 6.94. The van der Waals surface area contributed by atoms with E-state index in [1.165, 1.54) is 0 Å². The highest BCUT2D eigenvalue weighted by atomic mass is 127. The molecule has 0 bridgehead atoms. The number of carbonyl (C=O) groups excluding carboxylic acids is 1. The summed E-state index contributed by atoms with van der Waals surface area (Å²) in [4.78, 5) is 17.1. The fraction of sp³-hybridized carbons (Fsp3) is 0.182. The van der Waals surface area contributed by atoms with Crippen LogP contribution in [0, 0.1) is 10.5 Å². The molecule has 1 N–H and O–H groups in total. The van der Waals surface area contributed by atoms with Crippen molar-refractivity contribution in [2.45, 2.75) is 26.7 Å². The molecule has 3 aromatic rings. The number of hydrogen-bond acceptors (Lipinski definition) is 3. The zero-order valence-electron chi connectivity index (χ0n) is 15.5. The molecule has 138 valence electrons. The molecule has 1 aromatic heterocycles. The van der Waals surface area contributed by atoms with Gasteiger partial charge in [-0.1, -0.05) is 19.9 Å². The molecule has 0 unspecified atom stereocenters. The maximum atomic E-state index is 12.5. The topological polar surface area (TPSA) is 51.2 Å². The Morgan fingerprint density at radius 1 is 1.04 bits per heavy atom. The molecule has 0 fully saturated rings. The average Bonchev–Trinajstić information content (AvgIpc) is 2.63. The van der Waals surface area contributed by atoms with Gasteiger partial charge in [0.05, 0.1) is 11.3 Å². The van der Waals surface area contributed by atoms with E-state index in [2.05, 4.69) is 46.7 Å². The van der Waals surface area contributed by atoms with Crippen molar-refractivity contribution in [3.8, 4) is 11.5 Å². The smallest absolute Gasteiger partial charge is 0.257 e. The number of pyridine rings is 1.